The first kappa shape index (κ1) is 14.2. The van der Waals surface area contributed by atoms with Gasteiger partial charge in [0, 0.05) is 17.3 Å². The van der Waals surface area contributed by atoms with Gasteiger partial charge in [-0.2, -0.15) is 13.2 Å². The quantitative estimate of drug-likeness (QED) is 0.806. The van der Waals surface area contributed by atoms with Gasteiger partial charge in [-0.25, -0.2) is 0 Å². The highest BCUT2D eigenvalue weighted by molar-refractivity contribution is 9.10. The second-order valence-corrected chi connectivity index (χ2v) is 4.62. The molecule has 1 aromatic rings. The standard InChI is InChI=1S/C12H12BrF3O/c1-2-3-10(17)6-8-4-5-9(7-11(8)13)12(14,15)16/h4-5,7H,2-3,6H2,1H3. The molecule has 1 nitrogen and oxygen atoms in total. The Bertz CT molecular complexity index is 413. The summed E-state index contributed by atoms with van der Waals surface area (Å²) in [5, 5.41) is 0. The number of carbonyl (C=O) groups is 1. The van der Waals surface area contributed by atoms with E-state index in [0.717, 1.165) is 18.6 Å². The molecule has 0 saturated carbocycles. The first-order valence-corrected chi connectivity index (χ1v) is 6.01. The highest BCUT2D eigenvalue weighted by atomic mass is 79.9. The molecule has 0 N–H and O–H groups in total. The number of Topliss-reactive ketones (excluding diaryl/α,β-unsaturated/α-hetero) is 1. The van der Waals surface area contributed by atoms with Gasteiger partial charge in [0.05, 0.1) is 5.56 Å². The molecule has 0 aliphatic heterocycles. The van der Waals surface area contributed by atoms with E-state index in [1.165, 1.54) is 6.07 Å². The van der Waals surface area contributed by atoms with Crippen molar-refractivity contribution < 1.29 is 18.0 Å². The van der Waals surface area contributed by atoms with Crippen LogP contribution in [0.25, 0.3) is 0 Å². The average Bonchev–Trinajstić information content (AvgIpc) is 2.20. The number of alkyl halides is 3. The van der Waals surface area contributed by atoms with Crippen LogP contribution in [0.5, 0.6) is 0 Å². The topological polar surface area (TPSA) is 17.1 Å². The number of rotatable bonds is 4. The molecule has 0 saturated heterocycles. The lowest BCUT2D eigenvalue weighted by Crippen LogP contribution is -2.07. The molecular weight excluding hydrogens is 297 g/mol. The van der Waals surface area contributed by atoms with E-state index in [9.17, 15) is 18.0 Å². The second kappa shape index (κ2) is 5.67. The van der Waals surface area contributed by atoms with E-state index in [4.69, 9.17) is 0 Å². The molecule has 0 unspecified atom stereocenters. The van der Waals surface area contributed by atoms with Crippen molar-refractivity contribution in [1.82, 2.24) is 0 Å². The Morgan fingerprint density at radius 3 is 2.47 bits per heavy atom. The van der Waals surface area contributed by atoms with Crippen molar-refractivity contribution in [3.63, 3.8) is 0 Å². The van der Waals surface area contributed by atoms with Crippen LogP contribution in [0.4, 0.5) is 13.2 Å². The van der Waals surface area contributed by atoms with Crippen LogP contribution < -0.4 is 0 Å². The maximum absolute atomic E-state index is 12.4. The summed E-state index contributed by atoms with van der Waals surface area (Å²) in [6, 6.07) is 3.36. The fourth-order valence-electron chi connectivity index (χ4n) is 1.45. The largest absolute Gasteiger partial charge is 0.416 e. The third-order valence-electron chi connectivity index (χ3n) is 2.30. The maximum Gasteiger partial charge on any atom is 0.416 e. The molecule has 0 aliphatic rings. The molecule has 0 aromatic heterocycles. The van der Waals surface area contributed by atoms with Gasteiger partial charge in [0.1, 0.15) is 5.78 Å². The van der Waals surface area contributed by atoms with Crippen LogP contribution in [0.3, 0.4) is 0 Å². The van der Waals surface area contributed by atoms with Gasteiger partial charge >= 0.3 is 6.18 Å². The van der Waals surface area contributed by atoms with E-state index in [0.29, 0.717) is 16.5 Å². The van der Waals surface area contributed by atoms with Gasteiger partial charge in [0.2, 0.25) is 0 Å². The highest BCUT2D eigenvalue weighted by Crippen LogP contribution is 2.32. The van der Waals surface area contributed by atoms with E-state index in [1.54, 1.807) is 0 Å². The minimum atomic E-state index is -4.35. The van der Waals surface area contributed by atoms with E-state index in [-0.39, 0.29) is 12.2 Å². The van der Waals surface area contributed by atoms with Crippen LogP contribution in [0.15, 0.2) is 22.7 Å². The lowest BCUT2D eigenvalue weighted by molar-refractivity contribution is -0.137. The fourth-order valence-corrected chi connectivity index (χ4v) is 1.97. The SMILES string of the molecule is CCCC(=O)Cc1ccc(C(F)(F)F)cc1Br. The summed E-state index contributed by atoms with van der Waals surface area (Å²) in [5.74, 6) is 0.0351. The summed E-state index contributed by atoms with van der Waals surface area (Å²) >= 11 is 3.07. The lowest BCUT2D eigenvalue weighted by Gasteiger charge is -2.09. The predicted octanol–water partition coefficient (Wildman–Crippen LogP) is 4.38. The van der Waals surface area contributed by atoms with Crippen molar-refractivity contribution in [2.45, 2.75) is 32.4 Å². The summed E-state index contributed by atoms with van der Waals surface area (Å²) in [4.78, 5) is 11.4. The summed E-state index contributed by atoms with van der Waals surface area (Å²) in [7, 11) is 0. The molecule has 0 spiro atoms. The van der Waals surface area contributed by atoms with Crippen LogP contribution in [0.1, 0.15) is 30.9 Å². The minimum Gasteiger partial charge on any atom is -0.299 e. The minimum absolute atomic E-state index is 0.0351. The molecular formula is C12H12BrF3O. The summed E-state index contributed by atoms with van der Waals surface area (Å²) < 4.78 is 37.5. The van der Waals surface area contributed by atoms with E-state index in [1.807, 2.05) is 6.92 Å². The predicted molar refractivity (Wildman–Crippen MR) is 62.8 cm³/mol. The van der Waals surface area contributed by atoms with Gasteiger partial charge in [-0.3, -0.25) is 4.79 Å². The summed E-state index contributed by atoms with van der Waals surface area (Å²) in [6.07, 6.45) is -2.98. The third kappa shape index (κ3) is 4.15. The van der Waals surface area contributed by atoms with E-state index >= 15 is 0 Å². The molecule has 0 bridgehead atoms. The molecule has 0 aliphatic carbocycles. The molecule has 0 radical (unpaired) electrons. The van der Waals surface area contributed by atoms with Gasteiger partial charge in [0.25, 0.3) is 0 Å². The van der Waals surface area contributed by atoms with Crippen molar-refractivity contribution in [3.8, 4) is 0 Å². The van der Waals surface area contributed by atoms with Gasteiger partial charge in [-0.05, 0) is 24.1 Å². The zero-order valence-corrected chi connectivity index (χ0v) is 10.9. The second-order valence-electron chi connectivity index (χ2n) is 3.77. The van der Waals surface area contributed by atoms with E-state index in [2.05, 4.69) is 15.9 Å². The number of benzene rings is 1. The van der Waals surface area contributed by atoms with Crippen molar-refractivity contribution in [2.75, 3.05) is 0 Å². The van der Waals surface area contributed by atoms with Crippen LogP contribution in [0.2, 0.25) is 0 Å². The Morgan fingerprint density at radius 2 is 2.00 bits per heavy atom. The summed E-state index contributed by atoms with van der Waals surface area (Å²) in [5.41, 5.74) is -0.118. The van der Waals surface area contributed by atoms with Crippen molar-refractivity contribution in [2.24, 2.45) is 0 Å². The number of halogens is 4. The molecule has 94 valence electrons. The number of ketones is 1. The van der Waals surface area contributed by atoms with Gasteiger partial charge in [-0.15, -0.1) is 0 Å². The van der Waals surface area contributed by atoms with Crippen molar-refractivity contribution >= 4 is 21.7 Å². The Balaban J connectivity index is 2.87. The van der Waals surface area contributed by atoms with Crippen LogP contribution in [-0.2, 0) is 17.4 Å². The molecule has 0 amide bonds. The van der Waals surface area contributed by atoms with Crippen LogP contribution >= 0.6 is 15.9 Å². The first-order chi connectivity index (χ1) is 7.84. The number of carbonyl (C=O) groups excluding carboxylic acids is 1. The van der Waals surface area contributed by atoms with Gasteiger partial charge < -0.3 is 0 Å². The molecule has 0 fully saturated rings. The fraction of sp³-hybridized carbons (Fsp3) is 0.417. The molecule has 1 aromatic carbocycles. The van der Waals surface area contributed by atoms with Crippen LogP contribution in [-0.4, -0.2) is 5.78 Å². The smallest absolute Gasteiger partial charge is 0.299 e. The van der Waals surface area contributed by atoms with Crippen molar-refractivity contribution in [1.29, 1.82) is 0 Å². The van der Waals surface area contributed by atoms with Gasteiger partial charge in [-0.1, -0.05) is 28.9 Å². The summed E-state index contributed by atoms with van der Waals surface area (Å²) in [6.45, 7) is 1.89. The Hall–Kier alpha value is -0.840. The normalized spacial score (nSPS) is 11.6. The number of hydrogen-bond donors (Lipinski definition) is 0. The van der Waals surface area contributed by atoms with E-state index < -0.39 is 11.7 Å². The zero-order chi connectivity index (χ0) is 13.1. The molecule has 17 heavy (non-hydrogen) atoms. The zero-order valence-electron chi connectivity index (χ0n) is 9.27. The molecule has 5 heteroatoms. The number of hydrogen-bond acceptors (Lipinski definition) is 1. The Morgan fingerprint density at radius 1 is 1.35 bits per heavy atom. The van der Waals surface area contributed by atoms with Gasteiger partial charge in [0.15, 0.2) is 0 Å². The molecule has 0 heterocycles. The Kier molecular flexibility index (Phi) is 4.74. The highest BCUT2D eigenvalue weighted by Gasteiger charge is 2.30. The average molecular weight is 309 g/mol. The third-order valence-corrected chi connectivity index (χ3v) is 3.04. The first-order valence-electron chi connectivity index (χ1n) is 5.22. The Labute approximate surface area is 106 Å². The molecule has 0 atom stereocenters. The molecule has 1 rings (SSSR count). The maximum atomic E-state index is 12.4. The monoisotopic (exact) mass is 308 g/mol. The van der Waals surface area contributed by atoms with Crippen LogP contribution in [0, 0.1) is 0 Å². The lowest BCUT2D eigenvalue weighted by atomic mass is 10.0. The van der Waals surface area contributed by atoms with Crippen molar-refractivity contribution in [3.05, 3.63) is 33.8 Å².